The van der Waals surface area contributed by atoms with Crippen LogP contribution in [-0.2, 0) is 6.42 Å². The van der Waals surface area contributed by atoms with E-state index < -0.39 is 0 Å². The van der Waals surface area contributed by atoms with Gasteiger partial charge in [-0.2, -0.15) is 0 Å². The Hall–Kier alpha value is -0.530. The molecule has 0 unspecified atom stereocenters. The van der Waals surface area contributed by atoms with Crippen LogP contribution in [0.15, 0.2) is 24.3 Å². The molecule has 0 bridgehead atoms. The van der Waals surface area contributed by atoms with Crippen molar-refractivity contribution in [3.05, 3.63) is 34.9 Å². The summed E-state index contributed by atoms with van der Waals surface area (Å²) in [7, 11) is 0. The van der Waals surface area contributed by atoms with Gasteiger partial charge in [-0.3, -0.25) is 0 Å². The number of rotatable bonds is 5. The third kappa shape index (κ3) is 4.67. The summed E-state index contributed by atoms with van der Waals surface area (Å²) in [6.07, 6.45) is 2.23. The van der Waals surface area contributed by atoms with Crippen LogP contribution in [0.5, 0.6) is 0 Å². The number of halogens is 1. The summed E-state index contributed by atoms with van der Waals surface area (Å²) < 4.78 is 0. The summed E-state index contributed by atoms with van der Waals surface area (Å²) >= 11 is 5.85. The molecule has 0 fully saturated rings. The van der Waals surface area contributed by atoms with Crippen LogP contribution in [0.25, 0.3) is 0 Å². The Balaban J connectivity index is 2.54. The highest BCUT2D eigenvalue weighted by Gasteiger charge is 2.07. The maximum absolute atomic E-state index is 5.85. The molecule has 2 heteroatoms. The molecule has 0 spiro atoms. The molecular weight excluding hydrogens is 206 g/mol. The zero-order valence-electron chi connectivity index (χ0n) is 9.76. The van der Waals surface area contributed by atoms with Crippen molar-refractivity contribution >= 4 is 11.6 Å². The molecule has 1 aromatic carbocycles. The largest absolute Gasteiger partial charge is 0.311 e. The second-order valence-corrected chi connectivity index (χ2v) is 4.69. The molecule has 0 saturated carbocycles. The van der Waals surface area contributed by atoms with Crippen LogP contribution in [0.1, 0.15) is 32.8 Å². The average Bonchev–Trinajstić information content (AvgIpc) is 2.19. The van der Waals surface area contributed by atoms with Gasteiger partial charge in [-0.05, 0) is 30.5 Å². The Labute approximate surface area is 97.8 Å². The van der Waals surface area contributed by atoms with Gasteiger partial charge in [0.15, 0.2) is 0 Å². The van der Waals surface area contributed by atoms with Gasteiger partial charge in [0.05, 0.1) is 0 Å². The molecule has 0 radical (unpaired) electrons. The molecule has 15 heavy (non-hydrogen) atoms. The monoisotopic (exact) mass is 225 g/mol. The molecule has 1 atom stereocenters. The third-order valence-electron chi connectivity index (χ3n) is 2.46. The lowest BCUT2D eigenvalue weighted by Gasteiger charge is -2.19. The van der Waals surface area contributed by atoms with E-state index in [1.54, 1.807) is 0 Å². The van der Waals surface area contributed by atoms with E-state index in [1.165, 1.54) is 5.56 Å². The molecule has 0 saturated heterocycles. The lowest BCUT2D eigenvalue weighted by Crippen LogP contribution is -2.35. The van der Waals surface area contributed by atoms with E-state index in [0.717, 1.165) is 17.9 Å². The predicted molar refractivity (Wildman–Crippen MR) is 67.5 cm³/mol. The molecule has 1 nitrogen and oxygen atoms in total. The minimum atomic E-state index is 0.544. The van der Waals surface area contributed by atoms with Crippen LogP contribution in [0.4, 0.5) is 0 Å². The maximum atomic E-state index is 5.85. The second-order valence-electron chi connectivity index (χ2n) is 4.26. The van der Waals surface area contributed by atoms with Crippen LogP contribution in [0.2, 0.25) is 5.02 Å². The van der Waals surface area contributed by atoms with Crippen molar-refractivity contribution in [2.75, 3.05) is 0 Å². The minimum Gasteiger partial charge on any atom is -0.311 e. The van der Waals surface area contributed by atoms with Crippen molar-refractivity contribution < 1.29 is 0 Å². The highest BCUT2D eigenvalue weighted by atomic mass is 35.5. The van der Waals surface area contributed by atoms with E-state index >= 15 is 0 Å². The highest BCUT2D eigenvalue weighted by molar-refractivity contribution is 6.30. The molecule has 84 valence electrons. The van der Waals surface area contributed by atoms with Crippen LogP contribution < -0.4 is 5.32 Å². The first kappa shape index (κ1) is 12.5. The van der Waals surface area contributed by atoms with Crippen molar-refractivity contribution in [3.8, 4) is 0 Å². The molecule has 0 heterocycles. The van der Waals surface area contributed by atoms with Gasteiger partial charge in [0.25, 0.3) is 0 Å². The normalized spacial score (nSPS) is 13.1. The summed E-state index contributed by atoms with van der Waals surface area (Å²) in [5.41, 5.74) is 1.35. The summed E-state index contributed by atoms with van der Waals surface area (Å²) in [5, 5.41) is 4.37. The van der Waals surface area contributed by atoms with Crippen molar-refractivity contribution in [2.45, 2.75) is 45.7 Å². The summed E-state index contributed by atoms with van der Waals surface area (Å²) in [6, 6.07) is 9.23. The molecule has 0 amide bonds. The number of nitrogens with one attached hydrogen (secondary N) is 1. The Bertz CT molecular complexity index is 279. The van der Waals surface area contributed by atoms with Crippen molar-refractivity contribution in [1.29, 1.82) is 0 Å². The van der Waals surface area contributed by atoms with Gasteiger partial charge < -0.3 is 5.32 Å². The van der Waals surface area contributed by atoms with Crippen LogP contribution in [0, 0.1) is 0 Å². The number of hydrogen-bond acceptors (Lipinski definition) is 1. The van der Waals surface area contributed by atoms with Gasteiger partial charge in [-0.1, -0.05) is 44.5 Å². The Kier molecular flexibility index (Phi) is 5.13. The SMILES string of the molecule is CC[C@@H](Cc1ccc(Cl)cc1)NC(C)C. The van der Waals surface area contributed by atoms with Gasteiger partial charge in [0.2, 0.25) is 0 Å². The van der Waals surface area contributed by atoms with E-state index in [9.17, 15) is 0 Å². The average molecular weight is 226 g/mol. The second kappa shape index (κ2) is 6.14. The van der Waals surface area contributed by atoms with Crippen LogP contribution in [0.3, 0.4) is 0 Å². The van der Waals surface area contributed by atoms with Crippen LogP contribution in [-0.4, -0.2) is 12.1 Å². The first-order chi connectivity index (χ1) is 7.11. The van der Waals surface area contributed by atoms with Crippen molar-refractivity contribution in [1.82, 2.24) is 5.32 Å². The standard InChI is InChI=1S/C13H20ClN/c1-4-13(15-10(2)3)9-11-5-7-12(14)8-6-11/h5-8,10,13,15H,4,9H2,1-3H3/t13-/m0/s1. The Morgan fingerprint density at radius 2 is 1.80 bits per heavy atom. The fourth-order valence-electron chi connectivity index (χ4n) is 1.70. The summed E-state index contributed by atoms with van der Waals surface area (Å²) in [5.74, 6) is 0. The van der Waals surface area contributed by atoms with E-state index in [-0.39, 0.29) is 0 Å². The summed E-state index contributed by atoms with van der Waals surface area (Å²) in [6.45, 7) is 6.59. The molecule has 0 aliphatic rings. The molecular formula is C13H20ClN. The van der Waals surface area contributed by atoms with Gasteiger partial charge in [0.1, 0.15) is 0 Å². The Morgan fingerprint density at radius 3 is 2.27 bits per heavy atom. The Morgan fingerprint density at radius 1 is 1.20 bits per heavy atom. The van der Waals surface area contributed by atoms with Gasteiger partial charge >= 0.3 is 0 Å². The fraction of sp³-hybridized carbons (Fsp3) is 0.538. The molecule has 0 aromatic heterocycles. The highest BCUT2D eigenvalue weighted by Crippen LogP contribution is 2.12. The number of hydrogen-bond donors (Lipinski definition) is 1. The third-order valence-corrected chi connectivity index (χ3v) is 2.71. The molecule has 0 aliphatic carbocycles. The van der Waals surface area contributed by atoms with Gasteiger partial charge in [-0.25, -0.2) is 0 Å². The minimum absolute atomic E-state index is 0.544. The van der Waals surface area contributed by atoms with E-state index in [2.05, 4.69) is 38.2 Å². The smallest absolute Gasteiger partial charge is 0.0406 e. The number of benzene rings is 1. The first-order valence-corrected chi connectivity index (χ1v) is 6.00. The zero-order chi connectivity index (χ0) is 11.3. The van der Waals surface area contributed by atoms with E-state index in [0.29, 0.717) is 12.1 Å². The maximum Gasteiger partial charge on any atom is 0.0406 e. The lowest BCUT2D eigenvalue weighted by molar-refractivity contribution is 0.449. The quantitative estimate of drug-likeness (QED) is 0.807. The van der Waals surface area contributed by atoms with Crippen molar-refractivity contribution in [3.63, 3.8) is 0 Å². The topological polar surface area (TPSA) is 12.0 Å². The zero-order valence-corrected chi connectivity index (χ0v) is 10.5. The lowest BCUT2D eigenvalue weighted by atomic mass is 10.0. The molecule has 1 aromatic rings. The van der Waals surface area contributed by atoms with E-state index in [4.69, 9.17) is 11.6 Å². The predicted octanol–water partition coefficient (Wildman–Crippen LogP) is 3.66. The van der Waals surface area contributed by atoms with Gasteiger partial charge in [0, 0.05) is 17.1 Å². The molecule has 1 N–H and O–H groups in total. The van der Waals surface area contributed by atoms with Crippen LogP contribution >= 0.6 is 11.6 Å². The van der Waals surface area contributed by atoms with E-state index in [1.807, 2.05) is 12.1 Å². The first-order valence-electron chi connectivity index (χ1n) is 5.62. The summed E-state index contributed by atoms with van der Waals surface area (Å²) in [4.78, 5) is 0. The van der Waals surface area contributed by atoms with Crippen molar-refractivity contribution in [2.24, 2.45) is 0 Å². The molecule has 0 aliphatic heterocycles. The van der Waals surface area contributed by atoms with Gasteiger partial charge in [-0.15, -0.1) is 0 Å². The molecule has 1 rings (SSSR count). The fourth-order valence-corrected chi connectivity index (χ4v) is 1.82.